The number of nitrogens with one attached hydrogen (secondary N) is 1. The number of halogens is 1. The summed E-state index contributed by atoms with van der Waals surface area (Å²) in [6, 6.07) is 8.17. The van der Waals surface area contributed by atoms with Crippen molar-refractivity contribution in [3.8, 4) is 11.1 Å². The standard InChI is InChI=1S/C13H10ClNO3/c1-18-13(17)10-7-8(4-5-11(10)14)9-3-2-6-15-12(9)16/h2-7H,1H3,(H,15,16). The molecular weight excluding hydrogens is 254 g/mol. The van der Waals surface area contributed by atoms with Crippen molar-refractivity contribution in [1.82, 2.24) is 4.98 Å². The Morgan fingerprint density at radius 1 is 1.33 bits per heavy atom. The molecule has 0 spiro atoms. The van der Waals surface area contributed by atoms with E-state index in [4.69, 9.17) is 11.6 Å². The fourth-order valence-corrected chi connectivity index (χ4v) is 1.80. The lowest BCUT2D eigenvalue weighted by Gasteiger charge is -2.05. The van der Waals surface area contributed by atoms with Crippen LogP contribution in [0.1, 0.15) is 10.4 Å². The third-order valence-electron chi connectivity index (χ3n) is 2.50. The summed E-state index contributed by atoms with van der Waals surface area (Å²) >= 11 is 5.91. The van der Waals surface area contributed by atoms with Crippen LogP contribution in [0.5, 0.6) is 0 Å². The summed E-state index contributed by atoms with van der Waals surface area (Å²) < 4.78 is 4.63. The highest BCUT2D eigenvalue weighted by Gasteiger charge is 2.13. The molecule has 0 saturated carbocycles. The number of aromatic amines is 1. The number of pyridine rings is 1. The van der Waals surface area contributed by atoms with Gasteiger partial charge in [-0.15, -0.1) is 0 Å². The lowest BCUT2D eigenvalue weighted by atomic mass is 10.0. The summed E-state index contributed by atoms with van der Waals surface area (Å²) in [5.41, 5.74) is 1.09. The molecule has 4 nitrogen and oxygen atoms in total. The molecule has 0 atom stereocenters. The molecule has 0 saturated heterocycles. The van der Waals surface area contributed by atoms with Crippen LogP contribution < -0.4 is 5.56 Å². The van der Waals surface area contributed by atoms with Gasteiger partial charge in [0.2, 0.25) is 0 Å². The number of carbonyl (C=O) groups is 1. The second kappa shape index (κ2) is 5.06. The number of ether oxygens (including phenoxy) is 1. The highest BCUT2D eigenvalue weighted by atomic mass is 35.5. The molecule has 1 aromatic carbocycles. The molecule has 1 N–H and O–H groups in total. The molecule has 0 radical (unpaired) electrons. The summed E-state index contributed by atoms with van der Waals surface area (Å²) in [7, 11) is 1.28. The van der Waals surface area contributed by atoms with Crippen molar-refractivity contribution >= 4 is 17.6 Å². The van der Waals surface area contributed by atoms with Gasteiger partial charge in [0.05, 0.1) is 17.7 Å². The Morgan fingerprint density at radius 2 is 2.11 bits per heavy atom. The molecule has 0 fully saturated rings. The molecule has 2 rings (SSSR count). The van der Waals surface area contributed by atoms with Crippen LogP contribution in [0.2, 0.25) is 5.02 Å². The topological polar surface area (TPSA) is 59.2 Å². The van der Waals surface area contributed by atoms with Gasteiger partial charge in [0.25, 0.3) is 5.56 Å². The van der Waals surface area contributed by atoms with Crippen LogP contribution in [-0.2, 0) is 4.74 Å². The van der Waals surface area contributed by atoms with E-state index >= 15 is 0 Å². The average Bonchev–Trinajstić information content (AvgIpc) is 2.39. The molecule has 0 amide bonds. The molecule has 0 unspecified atom stereocenters. The fraction of sp³-hybridized carbons (Fsp3) is 0.0769. The van der Waals surface area contributed by atoms with E-state index in [1.54, 1.807) is 36.5 Å². The minimum absolute atomic E-state index is 0.226. The SMILES string of the molecule is COC(=O)c1cc(-c2ccc[nH]c2=O)ccc1Cl. The molecule has 5 heteroatoms. The second-order valence-electron chi connectivity index (χ2n) is 3.60. The van der Waals surface area contributed by atoms with E-state index in [0.29, 0.717) is 11.1 Å². The third kappa shape index (κ3) is 2.28. The van der Waals surface area contributed by atoms with Gasteiger partial charge in [-0.05, 0) is 29.8 Å². The first-order valence-corrected chi connectivity index (χ1v) is 5.57. The maximum absolute atomic E-state index is 11.7. The van der Waals surface area contributed by atoms with E-state index in [9.17, 15) is 9.59 Å². The van der Waals surface area contributed by atoms with Gasteiger partial charge in [-0.2, -0.15) is 0 Å². The predicted molar refractivity (Wildman–Crippen MR) is 68.8 cm³/mol. The zero-order valence-electron chi connectivity index (χ0n) is 9.57. The predicted octanol–water partition coefficient (Wildman–Crippen LogP) is 2.48. The number of hydrogen-bond donors (Lipinski definition) is 1. The van der Waals surface area contributed by atoms with Crippen LogP contribution in [0.15, 0.2) is 41.3 Å². The highest BCUT2D eigenvalue weighted by Crippen LogP contribution is 2.23. The Bertz CT molecular complexity index is 649. The van der Waals surface area contributed by atoms with E-state index < -0.39 is 5.97 Å². The smallest absolute Gasteiger partial charge is 0.339 e. The Kier molecular flexibility index (Phi) is 3.48. The van der Waals surface area contributed by atoms with E-state index in [-0.39, 0.29) is 16.1 Å². The third-order valence-corrected chi connectivity index (χ3v) is 2.83. The van der Waals surface area contributed by atoms with Crippen LogP contribution in [-0.4, -0.2) is 18.1 Å². The zero-order valence-corrected chi connectivity index (χ0v) is 10.3. The summed E-state index contributed by atoms with van der Waals surface area (Å²) in [4.78, 5) is 25.7. The molecule has 2 aromatic rings. The molecule has 0 bridgehead atoms. The number of esters is 1. The van der Waals surface area contributed by atoms with Crippen LogP contribution in [0.4, 0.5) is 0 Å². The zero-order chi connectivity index (χ0) is 13.1. The van der Waals surface area contributed by atoms with Crippen LogP contribution >= 0.6 is 11.6 Å². The number of hydrogen-bond acceptors (Lipinski definition) is 3. The first-order chi connectivity index (χ1) is 8.63. The summed E-state index contributed by atoms with van der Waals surface area (Å²) in [5, 5.41) is 0.290. The summed E-state index contributed by atoms with van der Waals surface area (Å²) in [6.07, 6.45) is 1.54. The first kappa shape index (κ1) is 12.4. The largest absolute Gasteiger partial charge is 0.465 e. The van der Waals surface area contributed by atoms with Gasteiger partial charge >= 0.3 is 5.97 Å². The van der Waals surface area contributed by atoms with E-state index in [2.05, 4.69) is 9.72 Å². The van der Waals surface area contributed by atoms with Crippen molar-refractivity contribution in [2.24, 2.45) is 0 Å². The van der Waals surface area contributed by atoms with Gasteiger partial charge in [0.15, 0.2) is 0 Å². The van der Waals surface area contributed by atoms with Gasteiger partial charge in [0, 0.05) is 11.8 Å². The molecule has 1 aromatic heterocycles. The number of H-pyrrole nitrogens is 1. The van der Waals surface area contributed by atoms with Crippen LogP contribution in [0.3, 0.4) is 0 Å². The van der Waals surface area contributed by atoms with Crippen molar-refractivity contribution in [1.29, 1.82) is 0 Å². The summed E-state index contributed by atoms with van der Waals surface area (Å²) in [6.45, 7) is 0. The van der Waals surface area contributed by atoms with Gasteiger partial charge in [0.1, 0.15) is 0 Å². The van der Waals surface area contributed by atoms with Gasteiger partial charge in [-0.1, -0.05) is 17.7 Å². The van der Waals surface area contributed by atoms with Crippen molar-refractivity contribution in [3.63, 3.8) is 0 Å². The van der Waals surface area contributed by atoms with Crippen LogP contribution in [0.25, 0.3) is 11.1 Å². The van der Waals surface area contributed by atoms with E-state index in [1.807, 2.05) is 0 Å². The van der Waals surface area contributed by atoms with E-state index in [0.717, 1.165) is 0 Å². The van der Waals surface area contributed by atoms with Crippen molar-refractivity contribution in [2.45, 2.75) is 0 Å². The molecular formula is C13H10ClNO3. The first-order valence-electron chi connectivity index (χ1n) is 5.19. The van der Waals surface area contributed by atoms with Gasteiger partial charge in [-0.3, -0.25) is 4.79 Å². The number of carbonyl (C=O) groups excluding carboxylic acids is 1. The Balaban J connectivity index is 2.58. The van der Waals surface area contributed by atoms with Gasteiger partial charge in [-0.25, -0.2) is 4.79 Å². The monoisotopic (exact) mass is 263 g/mol. The Morgan fingerprint density at radius 3 is 2.78 bits per heavy atom. The van der Waals surface area contributed by atoms with Crippen molar-refractivity contribution in [2.75, 3.05) is 7.11 Å². The lowest BCUT2D eigenvalue weighted by molar-refractivity contribution is 0.0601. The Hall–Kier alpha value is -2.07. The number of methoxy groups -OCH3 is 1. The number of aromatic nitrogens is 1. The molecule has 1 heterocycles. The van der Waals surface area contributed by atoms with Crippen molar-refractivity contribution in [3.05, 3.63) is 57.5 Å². The van der Waals surface area contributed by atoms with E-state index in [1.165, 1.54) is 7.11 Å². The maximum Gasteiger partial charge on any atom is 0.339 e. The summed E-state index contributed by atoms with van der Waals surface area (Å²) in [5.74, 6) is -0.533. The molecule has 18 heavy (non-hydrogen) atoms. The lowest BCUT2D eigenvalue weighted by Crippen LogP contribution is -2.08. The molecule has 0 aliphatic rings. The fourth-order valence-electron chi connectivity index (χ4n) is 1.61. The number of benzene rings is 1. The minimum atomic E-state index is -0.533. The molecule has 92 valence electrons. The minimum Gasteiger partial charge on any atom is -0.465 e. The van der Waals surface area contributed by atoms with Crippen LogP contribution in [0, 0.1) is 0 Å². The molecule has 0 aliphatic carbocycles. The average molecular weight is 264 g/mol. The quantitative estimate of drug-likeness (QED) is 0.847. The molecule has 0 aliphatic heterocycles. The normalized spacial score (nSPS) is 10.1. The maximum atomic E-state index is 11.7. The number of rotatable bonds is 2. The van der Waals surface area contributed by atoms with Crippen molar-refractivity contribution < 1.29 is 9.53 Å². The Labute approximate surface area is 108 Å². The highest BCUT2D eigenvalue weighted by molar-refractivity contribution is 6.33. The second-order valence-corrected chi connectivity index (χ2v) is 4.01. The van der Waals surface area contributed by atoms with Gasteiger partial charge < -0.3 is 9.72 Å².